The van der Waals surface area contributed by atoms with E-state index in [1.807, 2.05) is 25.1 Å². The quantitative estimate of drug-likeness (QED) is 0.524. The van der Waals surface area contributed by atoms with Crippen molar-refractivity contribution in [3.05, 3.63) is 56.6 Å². The average molecular weight is 507 g/mol. The second kappa shape index (κ2) is 10.6. The van der Waals surface area contributed by atoms with Crippen molar-refractivity contribution < 1.29 is 9.59 Å². The van der Waals surface area contributed by atoms with Gasteiger partial charge in [-0.3, -0.25) is 9.59 Å². The molecule has 0 saturated heterocycles. The smallest absolute Gasteiger partial charge is 0.223 e. The van der Waals surface area contributed by atoms with Crippen LogP contribution in [0.4, 0.5) is 5.82 Å². The number of nitrogens with zero attached hydrogens (tertiary/aromatic N) is 1. The molecule has 1 heterocycles. The summed E-state index contributed by atoms with van der Waals surface area (Å²) in [6.45, 7) is 3.66. The molecule has 31 heavy (non-hydrogen) atoms. The molecular weight excluding hydrogens is 478 g/mol. The minimum absolute atomic E-state index is 0.00836. The molecule has 0 aliphatic heterocycles. The molecule has 1 amide bonds. The highest BCUT2D eigenvalue weighted by atomic mass is 79.9. The number of pyridine rings is 1. The number of ketones is 1. The molecule has 3 atom stereocenters. The number of hydrogen-bond acceptors (Lipinski definition) is 4. The first-order valence-electron chi connectivity index (χ1n) is 10.7. The van der Waals surface area contributed by atoms with Crippen molar-refractivity contribution in [2.75, 3.05) is 5.73 Å². The van der Waals surface area contributed by atoms with E-state index >= 15 is 0 Å². The van der Waals surface area contributed by atoms with E-state index in [0.29, 0.717) is 29.6 Å². The minimum atomic E-state index is -0.485. The number of nitrogens with one attached hydrogen (secondary N) is 1. The molecule has 1 aromatic carbocycles. The Bertz CT molecular complexity index is 966. The molecule has 0 spiro atoms. The number of carbonyl (C=O) groups excluding carboxylic acids is 2. The molecule has 1 fully saturated rings. The highest BCUT2D eigenvalue weighted by molar-refractivity contribution is 9.10. The number of benzene rings is 1. The van der Waals surface area contributed by atoms with Crippen LogP contribution in [0.3, 0.4) is 0 Å². The number of nitrogen functional groups attached to an aromatic ring is 1. The van der Waals surface area contributed by atoms with Crippen LogP contribution >= 0.6 is 27.5 Å². The van der Waals surface area contributed by atoms with Crippen LogP contribution in [0.1, 0.15) is 49.4 Å². The molecule has 2 aromatic rings. The summed E-state index contributed by atoms with van der Waals surface area (Å²) < 4.78 is 0.899. The van der Waals surface area contributed by atoms with Gasteiger partial charge in [0, 0.05) is 22.5 Å². The van der Waals surface area contributed by atoms with Gasteiger partial charge in [-0.1, -0.05) is 23.7 Å². The number of amides is 1. The number of carbonyl (C=O) groups is 2. The van der Waals surface area contributed by atoms with Crippen LogP contribution < -0.4 is 11.1 Å². The van der Waals surface area contributed by atoms with Crippen molar-refractivity contribution in [2.24, 2.45) is 11.8 Å². The van der Waals surface area contributed by atoms with E-state index in [0.717, 1.165) is 41.4 Å². The Morgan fingerprint density at radius 3 is 2.77 bits per heavy atom. The summed E-state index contributed by atoms with van der Waals surface area (Å²) in [6.07, 6.45) is 4.63. The van der Waals surface area contributed by atoms with E-state index in [2.05, 4.69) is 32.3 Å². The van der Waals surface area contributed by atoms with Gasteiger partial charge in [0.2, 0.25) is 5.91 Å². The molecule has 166 valence electrons. The van der Waals surface area contributed by atoms with Gasteiger partial charge in [0.1, 0.15) is 5.82 Å². The minimum Gasteiger partial charge on any atom is -0.384 e. The van der Waals surface area contributed by atoms with Crippen molar-refractivity contribution in [2.45, 2.75) is 58.4 Å². The van der Waals surface area contributed by atoms with Crippen LogP contribution in [0.5, 0.6) is 0 Å². The number of halogens is 2. The summed E-state index contributed by atoms with van der Waals surface area (Å²) in [5.41, 5.74) is 8.75. The summed E-state index contributed by atoms with van der Waals surface area (Å²) in [5.74, 6) is 0.943. The topological polar surface area (TPSA) is 85.1 Å². The van der Waals surface area contributed by atoms with Gasteiger partial charge in [0.05, 0.1) is 11.1 Å². The Labute approximate surface area is 197 Å². The third-order valence-electron chi connectivity index (χ3n) is 6.12. The van der Waals surface area contributed by atoms with Crippen molar-refractivity contribution >= 4 is 45.0 Å². The molecule has 0 bridgehead atoms. The number of Topliss-reactive ketones (excluding diaryl/α,β-unsaturated/α-hetero) is 1. The highest BCUT2D eigenvalue weighted by Gasteiger charge is 2.31. The van der Waals surface area contributed by atoms with Gasteiger partial charge in [0.15, 0.2) is 5.78 Å². The van der Waals surface area contributed by atoms with E-state index in [9.17, 15) is 9.59 Å². The monoisotopic (exact) mass is 505 g/mol. The lowest BCUT2D eigenvalue weighted by Crippen LogP contribution is -2.41. The van der Waals surface area contributed by atoms with Crippen LogP contribution in [-0.4, -0.2) is 22.7 Å². The summed E-state index contributed by atoms with van der Waals surface area (Å²) in [4.78, 5) is 29.5. The van der Waals surface area contributed by atoms with E-state index in [1.54, 1.807) is 13.0 Å². The number of nitrogens with two attached hydrogens (primary N) is 1. The van der Waals surface area contributed by atoms with Gasteiger partial charge in [-0.25, -0.2) is 4.98 Å². The summed E-state index contributed by atoms with van der Waals surface area (Å²) in [6, 6.07) is 9.16. The second-order valence-electron chi connectivity index (χ2n) is 8.51. The van der Waals surface area contributed by atoms with Crippen molar-refractivity contribution in [1.29, 1.82) is 0 Å². The van der Waals surface area contributed by atoms with Gasteiger partial charge in [-0.2, -0.15) is 0 Å². The Hall–Kier alpha value is -1.92. The summed E-state index contributed by atoms with van der Waals surface area (Å²) >= 11 is 9.54. The molecule has 0 unspecified atom stereocenters. The van der Waals surface area contributed by atoms with Crippen LogP contribution in [0, 0.1) is 18.8 Å². The van der Waals surface area contributed by atoms with Gasteiger partial charge < -0.3 is 11.1 Å². The van der Waals surface area contributed by atoms with Crippen LogP contribution in [0.15, 0.2) is 34.8 Å². The van der Waals surface area contributed by atoms with Crippen molar-refractivity contribution in [1.82, 2.24) is 10.3 Å². The summed E-state index contributed by atoms with van der Waals surface area (Å²) in [5, 5.41) is 3.64. The third kappa shape index (κ3) is 6.53. The summed E-state index contributed by atoms with van der Waals surface area (Å²) in [7, 11) is 0. The molecule has 5 nitrogen and oxygen atoms in total. The maximum Gasteiger partial charge on any atom is 0.223 e. The first-order valence-corrected chi connectivity index (χ1v) is 11.9. The number of rotatable bonds is 8. The van der Waals surface area contributed by atoms with Crippen LogP contribution in [0.25, 0.3) is 0 Å². The van der Waals surface area contributed by atoms with E-state index < -0.39 is 6.04 Å². The molecule has 3 rings (SSSR count). The van der Waals surface area contributed by atoms with Crippen LogP contribution in [0.2, 0.25) is 5.02 Å². The highest BCUT2D eigenvalue weighted by Crippen LogP contribution is 2.34. The first-order chi connectivity index (χ1) is 14.7. The molecule has 3 N–H and O–H groups in total. The van der Waals surface area contributed by atoms with Crippen molar-refractivity contribution in [3.63, 3.8) is 0 Å². The number of aryl methyl sites for hydroxylation is 2. The standard InChI is InChI=1S/C24H29BrClN3O2/c1-14-18(7-10-23(27)28-14)6-9-22(30)15(2)29-24(31)19-5-3-16(12-19)11-17-4-8-21(26)20(25)13-17/h4,7-8,10,13,15-16,19H,3,5-6,9,11-12H2,1-2H3,(H2,27,28)(H,29,31)/t15-,16-,19+/m0/s1. The zero-order chi connectivity index (χ0) is 22.5. The van der Waals surface area contributed by atoms with E-state index in [1.165, 1.54) is 5.56 Å². The predicted molar refractivity (Wildman–Crippen MR) is 128 cm³/mol. The van der Waals surface area contributed by atoms with E-state index in [-0.39, 0.29) is 17.6 Å². The maximum absolute atomic E-state index is 12.7. The normalized spacial score (nSPS) is 19.2. The molecule has 1 aliphatic rings. The predicted octanol–water partition coefficient (Wildman–Crippen LogP) is 5.05. The van der Waals surface area contributed by atoms with Crippen molar-refractivity contribution in [3.8, 4) is 0 Å². The lowest BCUT2D eigenvalue weighted by Gasteiger charge is -2.17. The van der Waals surface area contributed by atoms with Gasteiger partial charge in [0.25, 0.3) is 0 Å². The Morgan fingerprint density at radius 1 is 1.29 bits per heavy atom. The molecule has 1 aromatic heterocycles. The fraction of sp³-hybridized carbons (Fsp3) is 0.458. The third-order valence-corrected chi connectivity index (χ3v) is 7.33. The van der Waals surface area contributed by atoms with E-state index in [4.69, 9.17) is 17.3 Å². The molecule has 7 heteroatoms. The maximum atomic E-state index is 12.7. The van der Waals surface area contributed by atoms with Gasteiger partial charge in [-0.15, -0.1) is 0 Å². The van der Waals surface area contributed by atoms with Crippen LogP contribution in [-0.2, 0) is 22.4 Å². The average Bonchev–Trinajstić information content (AvgIpc) is 3.18. The Morgan fingerprint density at radius 2 is 2.06 bits per heavy atom. The lowest BCUT2D eigenvalue weighted by molar-refractivity contribution is -0.129. The second-order valence-corrected chi connectivity index (χ2v) is 9.77. The fourth-order valence-corrected chi connectivity index (χ4v) is 4.80. The SMILES string of the molecule is Cc1nc(N)ccc1CCC(=O)[C@H](C)NC(=O)[C@@H]1CC[C@@H](Cc2ccc(Cl)c(Br)c2)C1. The largest absolute Gasteiger partial charge is 0.384 e. The van der Waals surface area contributed by atoms with Gasteiger partial charge >= 0.3 is 0 Å². The fourth-order valence-electron chi connectivity index (χ4n) is 4.26. The Balaban J connectivity index is 1.45. The lowest BCUT2D eigenvalue weighted by atomic mass is 9.96. The number of hydrogen-bond donors (Lipinski definition) is 2. The Kier molecular flexibility index (Phi) is 8.11. The number of anilines is 1. The first kappa shape index (κ1) is 23.7. The number of aromatic nitrogens is 1. The molecule has 1 aliphatic carbocycles. The molecule has 1 saturated carbocycles. The molecule has 0 radical (unpaired) electrons. The molecular formula is C24H29BrClN3O2. The zero-order valence-corrected chi connectivity index (χ0v) is 20.3. The zero-order valence-electron chi connectivity index (χ0n) is 18.0. The van der Waals surface area contributed by atoms with Gasteiger partial charge in [-0.05, 0) is 97.1 Å².